The summed E-state index contributed by atoms with van der Waals surface area (Å²) in [4.78, 5) is 28.8. The predicted octanol–water partition coefficient (Wildman–Crippen LogP) is 2.34. The molecule has 26 heavy (non-hydrogen) atoms. The summed E-state index contributed by atoms with van der Waals surface area (Å²) in [5, 5.41) is 3.35. The van der Waals surface area contributed by atoms with Crippen molar-refractivity contribution in [3.63, 3.8) is 0 Å². The van der Waals surface area contributed by atoms with Crippen LogP contribution in [0, 0.1) is 5.92 Å². The van der Waals surface area contributed by atoms with Crippen LogP contribution in [0.2, 0.25) is 0 Å². The molecule has 1 aromatic carbocycles. The Labute approximate surface area is 162 Å². The van der Waals surface area contributed by atoms with Crippen LogP contribution in [0.5, 0.6) is 0 Å². The van der Waals surface area contributed by atoms with Crippen molar-refractivity contribution in [1.82, 2.24) is 15.1 Å². The van der Waals surface area contributed by atoms with E-state index in [-0.39, 0.29) is 24.2 Å². The van der Waals surface area contributed by atoms with Crippen molar-refractivity contribution >= 4 is 24.2 Å². The zero-order valence-corrected chi connectivity index (χ0v) is 16.4. The minimum atomic E-state index is 0. The van der Waals surface area contributed by atoms with Gasteiger partial charge in [-0.1, -0.05) is 19.1 Å². The topological polar surface area (TPSA) is 52.7 Å². The van der Waals surface area contributed by atoms with Crippen LogP contribution >= 0.6 is 12.4 Å². The average Bonchev–Trinajstić information content (AvgIpc) is 3.19. The highest BCUT2D eigenvalue weighted by molar-refractivity contribution is 5.94. The summed E-state index contributed by atoms with van der Waals surface area (Å²) in [6.07, 6.45) is 3.78. The van der Waals surface area contributed by atoms with Gasteiger partial charge in [-0.3, -0.25) is 9.59 Å². The first-order valence-electron chi connectivity index (χ1n) is 9.54. The Morgan fingerprint density at radius 2 is 1.73 bits per heavy atom. The lowest BCUT2D eigenvalue weighted by atomic mass is 10.0. The molecule has 1 N–H and O–H groups in total. The van der Waals surface area contributed by atoms with E-state index in [2.05, 4.69) is 12.2 Å². The van der Waals surface area contributed by atoms with Crippen LogP contribution in [0.15, 0.2) is 24.3 Å². The molecule has 1 atom stereocenters. The van der Waals surface area contributed by atoms with Crippen LogP contribution in [0.1, 0.15) is 42.1 Å². The van der Waals surface area contributed by atoms with E-state index in [4.69, 9.17) is 0 Å². The van der Waals surface area contributed by atoms with Gasteiger partial charge in [-0.25, -0.2) is 0 Å². The molecule has 2 aliphatic heterocycles. The molecule has 0 radical (unpaired) electrons. The molecule has 2 aliphatic rings. The molecule has 6 heteroatoms. The van der Waals surface area contributed by atoms with Crippen molar-refractivity contribution in [2.75, 3.05) is 39.3 Å². The third kappa shape index (κ3) is 5.21. The molecular formula is C20H30ClN3O2. The van der Waals surface area contributed by atoms with Crippen LogP contribution < -0.4 is 5.32 Å². The summed E-state index contributed by atoms with van der Waals surface area (Å²) in [5.41, 5.74) is 1.98. The standard InChI is InChI=1S/C20H29N3O2.ClH/c1-2-16-3-6-18(7-4-16)20(25)23-13-11-22(12-14-23)19(24)8-5-17-9-10-21-15-17;/h3-4,6-7,17,21H,2,5,8-15H2,1H3;1H. The quantitative estimate of drug-likeness (QED) is 0.854. The van der Waals surface area contributed by atoms with Gasteiger partial charge in [0.25, 0.3) is 5.91 Å². The maximum Gasteiger partial charge on any atom is 0.253 e. The molecule has 0 saturated carbocycles. The molecule has 0 aliphatic carbocycles. The Hall–Kier alpha value is -1.59. The van der Waals surface area contributed by atoms with Gasteiger partial charge in [0.1, 0.15) is 0 Å². The molecular weight excluding hydrogens is 350 g/mol. The van der Waals surface area contributed by atoms with Gasteiger partial charge in [-0.05, 0) is 56.0 Å². The Morgan fingerprint density at radius 1 is 1.08 bits per heavy atom. The number of carbonyl (C=O) groups is 2. The molecule has 2 heterocycles. The molecule has 5 nitrogen and oxygen atoms in total. The number of rotatable bonds is 5. The maximum atomic E-state index is 12.6. The first-order valence-corrected chi connectivity index (χ1v) is 9.54. The lowest BCUT2D eigenvalue weighted by Gasteiger charge is -2.35. The first-order chi connectivity index (χ1) is 12.2. The number of aryl methyl sites for hydroxylation is 1. The van der Waals surface area contributed by atoms with Crippen molar-refractivity contribution in [2.24, 2.45) is 5.92 Å². The first kappa shape index (κ1) is 20.7. The number of hydrogen-bond acceptors (Lipinski definition) is 3. The summed E-state index contributed by atoms with van der Waals surface area (Å²) in [6.45, 7) is 6.80. The Balaban J connectivity index is 0.00000243. The molecule has 0 spiro atoms. The molecule has 2 saturated heterocycles. The van der Waals surface area contributed by atoms with Crippen LogP contribution in [-0.4, -0.2) is 60.9 Å². The van der Waals surface area contributed by atoms with Crippen molar-refractivity contribution in [3.05, 3.63) is 35.4 Å². The van der Waals surface area contributed by atoms with Crippen LogP contribution in [0.25, 0.3) is 0 Å². The fourth-order valence-electron chi connectivity index (χ4n) is 3.67. The number of halogens is 1. The van der Waals surface area contributed by atoms with Gasteiger partial charge in [-0.2, -0.15) is 0 Å². The number of nitrogens with zero attached hydrogens (tertiary/aromatic N) is 2. The van der Waals surface area contributed by atoms with Crippen molar-refractivity contribution in [1.29, 1.82) is 0 Å². The van der Waals surface area contributed by atoms with Gasteiger partial charge < -0.3 is 15.1 Å². The maximum absolute atomic E-state index is 12.6. The van der Waals surface area contributed by atoms with E-state index in [1.54, 1.807) is 0 Å². The van der Waals surface area contributed by atoms with Gasteiger partial charge in [-0.15, -0.1) is 12.4 Å². The monoisotopic (exact) mass is 379 g/mol. The number of benzene rings is 1. The average molecular weight is 380 g/mol. The lowest BCUT2D eigenvalue weighted by Crippen LogP contribution is -2.50. The number of amides is 2. The summed E-state index contributed by atoms with van der Waals surface area (Å²) in [7, 11) is 0. The van der Waals surface area contributed by atoms with Crippen LogP contribution in [0.4, 0.5) is 0 Å². The van der Waals surface area contributed by atoms with E-state index < -0.39 is 0 Å². The molecule has 2 amide bonds. The number of hydrogen-bond donors (Lipinski definition) is 1. The Bertz CT molecular complexity index is 592. The molecule has 0 aromatic heterocycles. The van der Waals surface area contributed by atoms with E-state index in [1.165, 1.54) is 12.0 Å². The van der Waals surface area contributed by atoms with Gasteiger partial charge in [0.15, 0.2) is 0 Å². The number of piperazine rings is 1. The van der Waals surface area contributed by atoms with Crippen molar-refractivity contribution < 1.29 is 9.59 Å². The Kier molecular flexibility index (Phi) is 7.91. The van der Waals surface area contributed by atoms with E-state index in [0.29, 0.717) is 38.5 Å². The summed E-state index contributed by atoms with van der Waals surface area (Å²) in [5.74, 6) is 0.969. The summed E-state index contributed by atoms with van der Waals surface area (Å²) < 4.78 is 0. The highest BCUT2D eigenvalue weighted by Crippen LogP contribution is 2.16. The summed E-state index contributed by atoms with van der Waals surface area (Å²) in [6, 6.07) is 7.86. The normalized spacial score (nSPS) is 20.0. The molecule has 1 aromatic rings. The van der Waals surface area contributed by atoms with E-state index >= 15 is 0 Å². The highest BCUT2D eigenvalue weighted by atomic mass is 35.5. The van der Waals surface area contributed by atoms with Crippen molar-refractivity contribution in [2.45, 2.75) is 32.6 Å². The second-order valence-corrected chi connectivity index (χ2v) is 7.12. The zero-order chi connectivity index (χ0) is 17.6. The smallest absolute Gasteiger partial charge is 0.253 e. The third-order valence-corrected chi connectivity index (χ3v) is 5.46. The fourth-order valence-corrected chi connectivity index (χ4v) is 3.67. The van der Waals surface area contributed by atoms with Gasteiger partial charge in [0, 0.05) is 38.2 Å². The van der Waals surface area contributed by atoms with Gasteiger partial charge in [0.2, 0.25) is 5.91 Å². The van der Waals surface area contributed by atoms with Gasteiger partial charge in [0.05, 0.1) is 0 Å². The van der Waals surface area contributed by atoms with Gasteiger partial charge >= 0.3 is 0 Å². The Morgan fingerprint density at radius 3 is 2.31 bits per heavy atom. The minimum Gasteiger partial charge on any atom is -0.339 e. The fraction of sp³-hybridized carbons (Fsp3) is 0.600. The van der Waals surface area contributed by atoms with Crippen molar-refractivity contribution in [3.8, 4) is 0 Å². The molecule has 3 rings (SSSR count). The number of nitrogens with one attached hydrogen (secondary N) is 1. The minimum absolute atomic E-state index is 0. The van der Waals surface area contributed by atoms with Crippen LogP contribution in [-0.2, 0) is 11.2 Å². The van der Waals surface area contributed by atoms with E-state index in [9.17, 15) is 9.59 Å². The SMILES string of the molecule is CCc1ccc(C(=O)N2CCN(C(=O)CCC3CCNC3)CC2)cc1.Cl. The number of carbonyl (C=O) groups excluding carboxylic acids is 2. The zero-order valence-electron chi connectivity index (χ0n) is 15.6. The van der Waals surface area contributed by atoms with Crippen LogP contribution in [0.3, 0.4) is 0 Å². The molecule has 2 fully saturated rings. The molecule has 144 valence electrons. The van der Waals surface area contributed by atoms with E-state index in [0.717, 1.165) is 31.5 Å². The third-order valence-electron chi connectivity index (χ3n) is 5.46. The molecule has 1 unspecified atom stereocenters. The second-order valence-electron chi connectivity index (χ2n) is 7.12. The molecule has 0 bridgehead atoms. The summed E-state index contributed by atoms with van der Waals surface area (Å²) >= 11 is 0. The predicted molar refractivity (Wildman–Crippen MR) is 106 cm³/mol. The largest absolute Gasteiger partial charge is 0.339 e. The lowest BCUT2D eigenvalue weighted by molar-refractivity contribution is -0.132. The highest BCUT2D eigenvalue weighted by Gasteiger charge is 2.25. The second kappa shape index (κ2) is 9.93. The van der Waals surface area contributed by atoms with E-state index in [1.807, 2.05) is 34.1 Å².